The quantitative estimate of drug-likeness (QED) is 0.278. The van der Waals surface area contributed by atoms with E-state index in [1.165, 1.54) is 11.8 Å². The molecule has 0 saturated carbocycles. The predicted octanol–water partition coefficient (Wildman–Crippen LogP) is 5.67. The Morgan fingerprint density at radius 2 is 1.93 bits per heavy atom. The number of benzene rings is 2. The van der Waals surface area contributed by atoms with Gasteiger partial charge in [-0.1, -0.05) is 63.2 Å². The molecule has 29 heavy (non-hydrogen) atoms. The van der Waals surface area contributed by atoms with Crippen LogP contribution in [0.2, 0.25) is 0 Å². The first-order chi connectivity index (χ1) is 14.0. The van der Waals surface area contributed by atoms with Crippen molar-refractivity contribution in [1.29, 1.82) is 0 Å². The molecular formula is C22H20BrN3O2S. The fourth-order valence-corrected chi connectivity index (χ4v) is 4.91. The molecule has 0 unspecified atom stereocenters. The van der Waals surface area contributed by atoms with Crippen LogP contribution in [0.3, 0.4) is 0 Å². The fraction of sp³-hybridized carbons (Fsp3) is 0.227. The summed E-state index contributed by atoms with van der Waals surface area (Å²) in [6, 6.07) is 15.5. The van der Waals surface area contributed by atoms with Crippen molar-refractivity contribution in [3.8, 4) is 0 Å². The number of rotatable bonds is 5. The lowest BCUT2D eigenvalue weighted by molar-refractivity contribution is 0.392. The van der Waals surface area contributed by atoms with Gasteiger partial charge in [-0.25, -0.2) is 4.98 Å². The predicted molar refractivity (Wildman–Crippen MR) is 119 cm³/mol. The van der Waals surface area contributed by atoms with Crippen LogP contribution in [0, 0.1) is 13.8 Å². The number of fused-ring (bicyclic) bond motifs is 1. The van der Waals surface area contributed by atoms with Crippen LogP contribution in [0.5, 0.6) is 0 Å². The summed E-state index contributed by atoms with van der Waals surface area (Å²) in [5.41, 5.74) is 3.61. The van der Waals surface area contributed by atoms with Crippen LogP contribution >= 0.6 is 27.7 Å². The molecule has 148 valence electrons. The van der Waals surface area contributed by atoms with Crippen molar-refractivity contribution < 1.29 is 4.52 Å². The molecule has 4 rings (SSSR count). The molecular weight excluding hydrogens is 450 g/mol. The first-order valence-corrected chi connectivity index (χ1v) is 11.0. The van der Waals surface area contributed by atoms with Crippen molar-refractivity contribution >= 4 is 38.6 Å². The number of hydrogen-bond donors (Lipinski definition) is 0. The normalized spacial score (nSPS) is 12.4. The molecule has 2 aromatic carbocycles. The number of thioether (sulfide) groups is 1. The van der Waals surface area contributed by atoms with E-state index in [0.717, 1.165) is 27.1 Å². The van der Waals surface area contributed by atoms with Crippen LogP contribution in [0.4, 0.5) is 0 Å². The highest BCUT2D eigenvalue weighted by Crippen LogP contribution is 2.29. The average Bonchev–Trinajstić information content (AvgIpc) is 3.05. The SMILES string of the molecule is Cc1noc(C)c1CSc1nc2ccc(Br)cc2c(=O)n1[C@@H](C)c1ccccc1. The molecule has 7 heteroatoms. The van der Waals surface area contributed by atoms with Gasteiger partial charge in [0.05, 0.1) is 22.6 Å². The lowest BCUT2D eigenvalue weighted by Gasteiger charge is -2.20. The van der Waals surface area contributed by atoms with Gasteiger partial charge in [0, 0.05) is 15.8 Å². The van der Waals surface area contributed by atoms with Gasteiger partial charge in [-0.05, 0) is 44.5 Å². The Kier molecular flexibility index (Phi) is 5.61. The molecule has 5 nitrogen and oxygen atoms in total. The molecule has 1 atom stereocenters. The second-order valence-corrected chi connectivity index (χ2v) is 8.77. The summed E-state index contributed by atoms with van der Waals surface area (Å²) in [4.78, 5) is 18.3. The van der Waals surface area contributed by atoms with Crippen molar-refractivity contribution in [3.05, 3.63) is 85.9 Å². The van der Waals surface area contributed by atoms with Gasteiger partial charge in [0.25, 0.3) is 5.56 Å². The first kappa shape index (κ1) is 19.9. The standard InChI is InChI=1S/C22H20BrN3O2S/c1-13-19(15(3)28-25-13)12-29-22-24-20-10-9-17(23)11-18(20)21(27)26(22)14(2)16-7-5-4-6-8-16/h4-11,14H,12H2,1-3H3/t14-/m0/s1. The Morgan fingerprint density at radius 1 is 1.17 bits per heavy atom. The van der Waals surface area contributed by atoms with E-state index in [1.54, 1.807) is 4.57 Å². The minimum Gasteiger partial charge on any atom is -0.361 e. The minimum absolute atomic E-state index is 0.0473. The van der Waals surface area contributed by atoms with Crippen molar-refractivity contribution in [2.75, 3.05) is 0 Å². The highest BCUT2D eigenvalue weighted by Gasteiger charge is 2.19. The van der Waals surface area contributed by atoms with E-state index in [9.17, 15) is 4.79 Å². The maximum Gasteiger partial charge on any atom is 0.262 e. The van der Waals surface area contributed by atoms with Gasteiger partial charge in [0.15, 0.2) is 5.16 Å². The zero-order valence-electron chi connectivity index (χ0n) is 16.3. The lowest BCUT2D eigenvalue weighted by Crippen LogP contribution is -2.27. The van der Waals surface area contributed by atoms with Crippen molar-refractivity contribution in [2.45, 2.75) is 37.7 Å². The van der Waals surface area contributed by atoms with Crippen LogP contribution in [0.15, 0.2) is 67.5 Å². The van der Waals surface area contributed by atoms with Gasteiger partial charge in [-0.15, -0.1) is 0 Å². The second-order valence-electron chi connectivity index (χ2n) is 6.91. The van der Waals surface area contributed by atoms with E-state index in [-0.39, 0.29) is 11.6 Å². The average molecular weight is 470 g/mol. The fourth-order valence-electron chi connectivity index (χ4n) is 3.32. The summed E-state index contributed by atoms with van der Waals surface area (Å²) in [6.45, 7) is 5.86. The topological polar surface area (TPSA) is 60.9 Å². The third-order valence-corrected chi connectivity index (χ3v) is 6.50. The van der Waals surface area contributed by atoms with E-state index in [4.69, 9.17) is 9.51 Å². The number of aryl methyl sites for hydroxylation is 2. The second kappa shape index (κ2) is 8.16. The van der Waals surface area contributed by atoms with E-state index in [0.29, 0.717) is 21.8 Å². The molecule has 4 aromatic rings. The molecule has 0 bridgehead atoms. The summed E-state index contributed by atoms with van der Waals surface area (Å²) < 4.78 is 7.93. The van der Waals surface area contributed by atoms with Gasteiger partial charge in [0.1, 0.15) is 5.76 Å². The summed E-state index contributed by atoms with van der Waals surface area (Å²) in [5, 5.41) is 5.31. The number of halogens is 1. The maximum absolute atomic E-state index is 13.5. The van der Waals surface area contributed by atoms with Gasteiger partial charge in [-0.2, -0.15) is 0 Å². The largest absolute Gasteiger partial charge is 0.361 e. The van der Waals surface area contributed by atoms with Crippen molar-refractivity contribution in [3.63, 3.8) is 0 Å². The van der Waals surface area contributed by atoms with E-state index >= 15 is 0 Å². The van der Waals surface area contributed by atoms with E-state index < -0.39 is 0 Å². The van der Waals surface area contributed by atoms with Crippen LogP contribution in [-0.2, 0) is 5.75 Å². The minimum atomic E-state index is -0.147. The molecule has 0 fully saturated rings. The highest BCUT2D eigenvalue weighted by atomic mass is 79.9. The van der Waals surface area contributed by atoms with Crippen LogP contribution in [-0.4, -0.2) is 14.7 Å². The van der Waals surface area contributed by atoms with Crippen molar-refractivity contribution in [1.82, 2.24) is 14.7 Å². The molecule has 0 radical (unpaired) electrons. The number of aromatic nitrogens is 3. The van der Waals surface area contributed by atoms with Gasteiger partial charge < -0.3 is 4.52 Å². The Labute approximate surface area is 181 Å². The summed E-state index contributed by atoms with van der Waals surface area (Å²) in [6.07, 6.45) is 0. The smallest absolute Gasteiger partial charge is 0.262 e. The molecule has 0 aliphatic carbocycles. The zero-order valence-corrected chi connectivity index (χ0v) is 18.8. The number of hydrogen-bond acceptors (Lipinski definition) is 5. The summed E-state index contributed by atoms with van der Waals surface area (Å²) in [5.74, 6) is 1.43. The lowest BCUT2D eigenvalue weighted by atomic mass is 10.1. The Bertz CT molecular complexity index is 1210. The van der Waals surface area contributed by atoms with Crippen LogP contribution in [0.25, 0.3) is 10.9 Å². The first-order valence-electron chi connectivity index (χ1n) is 9.27. The third-order valence-electron chi connectivity index (χ3n) is 5.03. The Balaban J connectivity index is 1.85. The van der Waals surface area contributed by atoms with E-state index in [2.05, 4.69) is 21.1 Å². The maximum atomic E-state index is 13.5. The Hall–Kier alpha value is -2.38. The molecule has 0 spiro atoms. The molecule has 0 amide bonds. The monoisotopic (exact) mass is 469 g/mol. The number of nitrogens with zero attached hydrogens (tertiary/aromatic N) is 3. The molecule has 2 heterocycles. The summed E-state index contributed by atoms with van der Waals surface area (Å²) in [7, 11) is 0. The molecule has 2 aromatic heterocycles. The molecule has 0 N–H and O–H groups in total. The van der Waals surface area contributed by atoms with Crippen molar-refractivity contribution in [2.24, 2.45) is 0 Å². The molecule has 0 aliphatic heterocycles. The van der Waals surface area contributed by atoms with Gasteiger partial charge >= 0.3 is 0 Å². The van der Waals surface area contributed by atoms with Gasteiger partial charge in [-0.3, -0.25) is 9.36 Å². The molecule has 0 aliphatic rings. The molecule has 0 saturated heterocycles. The highest BCUT2D eigenvalue weighted by molar-refractivity contribution is 9.10. The van der Waals surface area contributed by atoms with Gasteiger partial charge in [0.2, 0.25) is 0 Å². The zero-order chi connectivity index (χ0) is 20.5. The van der Waals surface area contributed by atoms with Crippen LogP contribution in [0.1, 0.15) is 35.5 Å². The van der Waals surface area contributed by atoms with E-state index in [1.807, 2.05) is 69.3 Å². The third kappa shape index (κ3) is 3.89. The summed E-state index contributed by atoms with van der Waals surface area (Å²) >= 11 is 5.00. The van der Waals surface area contributed by atoms with Crippen LogP contribution < -0.4 is 5.56 Å². The Morgan fingerprint density at radius 3 is 2.62 bits per heavy atom.